The van der Waals surface area contributed by atoms with Gasteiger partial charge in [-0.05, 0) is 6.08 Å². The van der Waals surface area contributed by atoms with E-state index in [4.69, 9.17) is 16.8 Å². The van der Waals surface area contributed by atoms with Crippen molar-refractivity contribution in [2.75, 3.05) is 0 Å². The maximum Gasteiger partial charge on any atom is 0.167 e. The van der Waals surface area contributed by atoms with E-state index >= 15 is 0 Å². The van der Waals surface area contributed by atoms with Gasteiger partial charge in [-0.2, -0.15) is 0 Å². The lowest BCUT2D eigenvalue weighted by Gasteiger charge is -1.72. The van der Waals surface area contributed by atoms with Crippen molar-refractivity contribution in [3.05, 3.63) is 12.7 Å². The van der Waals surface area contributed by atoms with Crippen LogP contribution in [0.3, 0.4) is 0 Å². The van der Waals surface area contributed by atoms with Gasteiger partial charge in [0.15, 0.2) is 5.17 Å². The lowest BCUT2D eigenvalue weighted by molar-refractivity contribution is 0.321. The highest BCUT2D eigenvalue weighted by atomic mass is 35.5. The van der Waals surface area contributed by atoms with Crippen LogP contribution in [0.4, 0.5) is 0 Å². The predicted octanol–water partition coefficient (Wildman–Crippen LogP) is 1.20. The van der Waals surface area contributed by atoms with E-state index in [9.17, 15) is 0 Å². The topological polar surface area (TPSA) is 32.6 Å². The molecular formula is C3H4ClNO. The third-order valence-electron chi connectivity index (χ3n) is 0.264. The smallest absolute Gasteiger partial charge is 0.167 e. The summed E-state index contributed by atoms with van der Waals surface area (Å²) in [6.07, 6.45) is 1.24. The molecule has 0 aliphatic rings. The lowest BCUT2D eigenvalue weighted by Crippen LogP contribution is -1.72. The fraction of sp³-hybridized carbons (Fsp3) is 0. The molecule has 1 N–H and O–H groups in total. The summed E-state index contributed by atoms with van der Waals surface area (Å²) < 4.78 is 0. The second-order valence-corrected chi connectivity index (χ2v) is 1.01. The molecular weight excluding hydrogens is 101 g/mol. The molecule has 0 atom stereocenters. The van der Waals surface area contributed by atoms with Gasteiger partial charge >= 0.3 is 0 Å². The van der Waals surface area contributed by atoms with Crippen molar-refractivity contribution >= 4 is 16.8 Å². The molecule has 0 amide bonds. The Morgan fingerprint density at radius 3 is 2.50 bits per heavy atom. The molecule has 0 fully saturated rings. The highest BCUT2D eigenvalue weighted by Gasteiger charge is 1.75. The van der Waals surface area contributed by atoms with Crippen LogP contribution in [0.1, 0.15) is 0 Å². The van der Waals surface area contributed by atoms with Crippen molar-refractivity contribution in [2.45, 2.75) is 0 Å². The van der Waals surface area contributed by atoms with Gasteiger partial charge in [0, 0.05) is 0 Å². The summed E-state index contributed by atoms with van der Waals surface area (Å²) in [5.41, 5.74) is 0. The Bertz CT molecular complexity index is 78.9. The van der Waals surface area contributed by atoms with E-state index in [0.717, 1.165) is 0 Å². The van der Waals surface area contributed by atoms with E-state index in [1.54, 1.807) is 0 Å². The van der Waals surface area contributed by atoms with Gasteiger partial charge in [0.1, 0.15) is 0 Å². The molecule has 34 valence electrons. The largest absolute Gasteiger partial charge is 0.410 e. The highest BCUT2D eigenvalue weighted by Crippen LogP contribution is 1.80. The Hall–Kier alpha value is -0.500. The summed E-state index contributed by atoms with van der Waals surface area (Å²) >= 11 is 5.03. The molecule has 3 heteroatoms. The molecule has 0 saturated carbocycles. The quantitative estimate of drug-likeness (QED) is 0.303. The molecule has 0 rings (SSSR count). The van der Waals surface area contributed by atoms with E-state index in [1.807, 2.05) is 0 Å². The molecule has 0 unspecified atom stereocenters. The lowest BCUT2D eigenvalue weighted by atomic mass is 10.7. The number of oxime groups is 1. The number of allylic oxidation sites excluding steroid dienone is 1. The van der Waals surface area contributed by atoms with Crippen LogP contribution < -0.4 is 0 Å². The molecule has 0 spiro atoms. The van der Waals surface area contributed by atoms with E-state index in [1.165, 1.54) is 6.08 Å². The van der Waals surface area contributed by atoms with Crippen molar-refractivity contribution < 1.29 is 5.21 Å². The minimum Gasteiger partial charge on any atom is -0.410 e. The minimum atomic E-state index is 0.00926. The highest BCUT2D eigenvalue weighted by molar-refractivity contribution is 6.68. The summed E-state index contributed by atoms with van der Waals surface area (Å²) in [6.45, 7) is 3.21. The van der Waals surface area contributed by atoms with Gasteiger partial charge in [0.05, 0.1) is 0 Å². The summed E-state index contributed by atoms with van der Waals surface area (Å²) in [4.78, 5) is 0. The Morgan fingerprint density at radius 1 is 2.00 bits per heavy atom. The zero-order valence-corrected chi connectivity index (χ0v) is 3.81. The number of hydrogen-bond acceptors (Lipinski definition) is 2. The maximum atomic E-state index is 7.72. The van der Waals surface area contributed by atoms with Gasteiger partial charge < -0.3 is 5.21 Å². The van der Waals surface area contributed by atoms with Crippen LogP contribution in [0.2, 0.25) is 0 Å². The number of rotatable bonds is 1. The number of halogens is 1. The first-order chi connectivity index (χ1) is 2.81. The number of hydrogen-bond donors (Lipinski definition) is 1. The Kier molecular flexibility index (Phi) is 2.50. The summed E-state index contributed by atoms with van der Waals surface area (Å²) in [6, 6.07) is 0. The standard InChI is InChI=1S/C3H4ClNO/c1-2-3(4)5-6/h2,6H,1H2. The van der Waals surface area contributed by atoms with Gasteiger partial charge in [-0.25, -0.2) is 0 Å². The van der Waals surface area contributed by atoms with Crippen molar-refractivity contribution in [3.8, 4) is 0 Å². The fourth-order valence-electron chi connectivity index (χ4n) is 0.0408. The second kappa shape index (κ2) is 2.72. The molecule has 0 heterocycles. The number of nitrogens with zero attached hydrogens (tertiary/aromatic N) is 1. The molecule has 0 aliphatic heterocycles. The SMILES string of the molecule is C=CC(Cl)=NO. The summed E-state index contributed by atoms with van der Waals surface area (Å²) in [7, 11) is 0. The summed E-state index contributed by atoms with van der Waals surface area (Å²) in [5, 5.41) is 10.3. The molecule has 6 heavy (non-hydrogen) atoms. The van der Waals surface area contributed by atoms with Crippen LogP contribution in [-0.4, -0.2) is 10.4 Å². The first-order valence-corrected chi connectivity index (χ1v) is 1.69. The zero-order valence-electron chi connectivity index (χ0n) is 3.06. The van der Waals surface area contributed by atoms with Crippen LogP contribution in [0.25, 0.3) is 0 Å². The summed E-state index contributed by atoms with van der Waals surface area (Å²) in [5.74, 6) is 0. The van der Waals surface area contributed by atoms with Crippen LogP contribution in [0, 0.1) is 0 Å². The molecule has 0 radical (unpaired) electrons. The Labute approximate surface area is 40.7 Å². The van der Waals surface area contributed by atoms with Crippen LogP contribution in [0.5, 0.6) is 0 Å². The van der Waals surface area contributed by atoms with Crippen molar-refractivity contribution in [1.82, 2.24) is 0 Å². The van der Waals surface area contributed by atoms with Crippen LogP contribution in [-0.2, 0) is 0 Å². The second-order valence-electron chi connectivity index (χ2n) is 0.627. The minimum absolute atomic E-state index is 0.00926. The van der Waals surface area contributed by atoms with Gasteiger partial charge in [0.2, 0.25) is 0 Å². The first kappa shape index (κ1) is 5.50. The monoisotopic (exact) mass is 105 g/mol. The Morgan fingerprint density at radius 2 is 2.50 bits per heavy atom. The molecule has 0 aromatic rings. The zero-order chi connectivity index (χ0) is 4.99. The maximum absolute atomic E-state index is 7.72. The van der Waals surface area contributed by atoms with Gasteiger partial charge in [-0.3, -0.25) is 0 Å². The van der Waals surface area contributed by atoms with Gasteiger partial charge in [-0.15, -0.1) is 0 Å². The molecule has 2 nitrogen and oxygen atoms in total. The van der Waals surface area contributed by atoms with E-state index < -0.39 is 0 Å². The van der Waals surface area contributed by atoms with Gasteiger partial charge in [0.25, 0.3) is 0 Å². The average molecular weight is 106 g/mol. The average Bonchev–Trinajstić information content (AvgIpc) is 1.65. The third kappa shape index (κ3) is 1.79. The normalized spacial score (nSPS) is 11.2. The van der Waals surface area contributed by atoms with Crippen LogP contribution in [0.15, 0.2) is 17.8 Å². The van der Waals surface area contributed by atoms with Crippen molar-refractivity contribution in [1.29, 1.82) is 0 Å². The molecule has 0 saturated heterocycles. The van der Waals surface area contributed by atoms with Crippen molar-refractivity contribution in [3.63, 3.8) is 0 Å². The molecule has 0 bridgehead atoms. The third-order valence-corrected chi connectivity index (χ3v) is 0.494. The van der Waals surface area contributed by atoms with E-state index in [2.05, 4.69) is 11.7 Å². The van der Waals surface area contributed by atoms with Crippen molar-refractivity contribution in [2.24, 2.45) is 5.16 Å². The Balaban J connectivity index is 3.50. The molecule has 0 aliphatic carbocycles. The van der Waals surface area contributed by atoms with Gasteiger partial charge in [-0.1, -0.05) is 23.3 Å². The van der Waals surface area contributed by atoms with Crippen LogP contribution >= 0.6 is 11.6 Å². The van der Waals surface area contributed by atoms with E-state index in [-0.39, 0.29) is 5.17 Å². The molecule has 0 aromatic heterocycles. The first-order valence-electron chi connectivity index (χ1n) is 1.31. The van der Waals surface area contributed by atoms with E-state index in [0.29, 0.717) is 0 Å². The fourth-order valence-corrected chi connectivity index (χ4v) is 0.0408. The predicted molar refractivity (Wildman–Crippen MR) is 25.3 cm³/mol. The molecule has 0 aromatic carbocycles.